The second-order valence-corrected chi connectivity index (χ2v) is 16.7. The Morgan fingerprint density at radius 2 is 1.51 bits per heavy atom. The Bertz CT molecular complexity index is 900. The summed E-state index contributed by atoms with van der Waals surface area (Å²) >= 11 is 0. The normalized spacial score (nSPS) is 20.7. The molecule has 3 nitrogen and oxygen atoms in total. The third kappa shape index (κ3) is 8.63. The average Bonchev–Trinajstić information content (AvgIpc) is 3.34. The maximum absolute atomic E-state index is 11.2. The Morgan fingerprint density at radius 1 is 0.923 bits per heavy atom. The van der Waals surface area contributed by atoms with Gasteiger partial charge in [-0.1, -0.05) is 139 Å². The fourth-order valence-electron chi connectivity index (χ4n) is 6.25. The van der Waals surface area contributed by atoms with Crippen LogP contribution in [0.4, 0.5) is 0 Å². The van der Waals surface area contributed by atoms with Crippen LogP contribution in [0.3, 0.4) is 0 Å². The first-order valence-electron chi connectivity index (χ1n) is 15.6. The zero-order valence-electron chi connectivity index (χ0n) is 25.1. The molecular weight excluding hydrogens is 496 g/mol. The first kappa shape index (κ1) is 31.8. The second kappa shape index (κ2) is 15.9. The van der Waals surface area contributed by atoms with E-state index in [2.05, 4.69) is 94.9 Å². The molecule has 1 heterocycles. The van der Waals surface area contributed by atoms with Gasteiger partial charge in [0.1, 0.15) is 0 Å². The van der Waals surface area contributed by atoms with Gasteiger partial charge in [-0.15, -0.1) is 6.58 Å². The van der Waals surface area contributed by atoms with Crippen molar-refractivity contribution in [3.8, 4) is 0 Å². The summed E-state index contributed by atoms with van der Waals surface area (Å²) in [5.41, 5.74) is 0. The maximum atomic E-state index is 11.2. The smallest absolute Gasteiger partial charge is 0.261 e. The average molecular weight is 551 g/mol. The lowest BCUT2D eigenvalue weighted by molar-refractivity contribution is -0.0485. The van der Waals surface area contributed by atoms with Crippen LogP contribution in [-0.4, -0.2) is 37.8 Å². The third-order valence-corrected chi connectivity index (χ3v) is 13.5. The number of ether oxygens (including phenoxy) is 1. The summed E-state index contributed by atoms with van der Waals surface area (Å²) in [4.78, 5) is 0. The highest BCUT2D eigenvalue weighted by molar-refractivity contribution is 6.99. The zero-order valence-corrected chi connectivity index (χ0v) is 26.1. The molecule has 0 bridgehead atoms. The van der Waals surface area contributed by atoms with Crippen LogP contribution in [0.2, 0.25) is 5.04 Å². The van der Waals surface area contributed by atoms with Crippen LogP contribution in [-0.2, 0) is 9.16 Å². The van der Waals surface area contributed by atoms with Gasteiger partial charge in [-0.25, -0.2) is 0 Å². The lowest BCUT2D eigenvalue weighted by Gasteiger charge is -2.45. The molecular formula is C35H54O3Si. The first-order valence-corrected chi connectivity index (χ1v) is 17.5. The number of aliphatic hydroxyl groups is 1. The highest BCUT2D eigenvalue weighted by Gasteiger charge is 2.53. The van der Waals surface area contributed by atoms with Crippen molar-refractivity contribution in [2.75, 3.05) is 0 Å². The van der Waals surface area contributed by atoms with Gasteiger partial charge in [-0.2, -0.15) is 0 Å². The van der Waals surface area contributed by atoms with Crippen molar-refractivity contribution in [1.29, 1.82) is 0 Å². The maximum Gasteiger partial charge on any atom is 0.261 e. The van der Waals surface area contributed by atoms with Gasteiger partial charge < -0.3 is 14.3 Å². The SMILES string of the molecule is C=CCCCCCCC[C@H](O)[C@@H]1C[C@H](O[Si](c2ccccc2)(c2ccccc2)C(C)(C)C)[C@H](CCCCC)O1. The molecule has 0 saturated carbocycles. The molecule has 2 aromatic carbocycles. The topological polar surface area (TPSA) is 38.7 Å². The quantitative estimate of drug-likeness (QED) is 0.123. The highest BCUT2D eigenvalue weighted by atomic mass is 28.4. The zero-order chi connectivity index (χ0) is 28.1. The molecule has 1 aliphatic rings. The largest absolute Gasteiger partial charge is 0.402 e. The van der Waals surface area contributed by atoms with E-state index in [4.69, 9.17) is 9.16 Å². The molecule has 1 saturated heterocycles. The van der Waals surface area contributed by atoms with Gasteiger partial charge in [0.15, 0.2) is 0 Å². The molecule has 0 spiro atoms. The van der Waals surface area contributed by atoms with E-state index < -0.39 is 14.4 Å². The van der Waals surface area contributed by atoms with Gasteiger partial charge in [0.25, 0.3) is 8.32 Å². The molecule has 4 atom stereocenters. The summed E-state index contributed by atoms with van der Waals surface area (Å²) in [5, 5.41) is 13.7. The minimum absolute atomic E-state index is 0.0216. The molecule has 0 radical (unpaired) electrons. The Labute approximate surface area is 240 Å². The number of rotatable bonds is 17. The van der Waals surface area contributed by atoms with Crippen LogP contribution in [0, 0.1) is 0 Å². The summed E-state index contributed by atoms with van der Waals surface area (Å²) in [6.45, 7) is 13.1. The fraction of sp³-hybridized carbons (Fsp3) is 0.600. The van der Waals surface area contributed by atoms with E-state index in [9.17, 15) is 5.11 Å². The van der Waals surface area contributed by atoms with E-state index in [1.807, 2.05) is 6.08 Å². The van der Waals surface area contributed by atoms with E-state index in [1.54, 1.807) is 0 Å². The van der Waals surface area contributed by atoms with Crippen molar-refractivity contribution in [3.05, 3.63) is 73.3 Å². The summed E-state index contributed by atoms with van der Waals surface area (Å²) < 4.78 is 14.2. The predicted octanol–water partition coefficient (Wildman–Crippen LogP) is 7.95. The van der Waals surface area contributed by atoms with E-state index in [0.29, 0.717) is 0 Å². The Balaban J connectivity index is 1.81. The van der Waals surface area contributed by atoms with Gasteiger partial charge >= 0.3 is 0 Å². The molecule has 0 aliphatic carbocycles. The number of hydrogen-bond acceptors (Lipinski definition) is 3. The lowest BCUT2D eigenvalue weighted by Crippen LogP contribution is -2.68. The highest BCUT2D eigenvalue weighted by Crippen LogP contribution is 2.41. The van der Waals surface area contributed by atoms with Crippen LogP contribution in [0.5, 0.6) is 0 Å². The molecule has 0 aromatic heterocycles. The van der Waals surface area contributed by atoms with Crippen LogP contribution in [0.25, 0.3) is 0 Å². The number of aliphatic hydroxyl groups excluding tert-OH is 1. The van der Waals surface area contributed by atoms with Gasteiger partial charge in [0.2, 0.25) is 0 Å². The van der Waals surface area contributed by atoms with Crippen LogP contribution in [0.1, 0.15) is 105 Å². The Kier molecular flexibility index (Phi) is 13.0. The van der Waals surface area contributed by atoms with E-state index >= 15 is 0 Å². The molecule has 39 heavy (non-hydrogen) atoms. The summed E-state index contributed by atoms with van der Waals surface area (Å²) in [7, 11) is -2.68. The Morgan fingerprint density at radius 3 is 2.08 bits per heavy atom. The number of unbranched alkanes of at least 4 members (excludes halogenated alkanes) is 7. The van der Waals surface area contributed by atoms with Gasteiger partial charge in [-0.05, 0) is 41.1 Å². The fourth-order valence-corrected chi connectivity index (χ4v) is 11.0. The van der Waals surface area contributed by atoms with Crippen molar-refractivity contribution in [2.45, 2.75) is 134 Å². The molecule has 0 amide bonds. The molecule has 0 unspecified atom stereocenters. The standard InChI is InChI=1S/C35H54O3Si/c1-6-8-10-11-12-13-21-26-31(36)33-28-34(32(37-33)27-16-9-7-2)38-39(35(3,4)5,29-22-17-14-18-23-29)30-24-19-15-20-25-30/h6,14-15,17-20,22-25,31-34,36H,1,7-13,16,21,26-28H2,2-5H3/t31-,32-,33-,34-/m0/s1. The van der Waals surface area contributed by atoms with Crippen molar-refractivity contribution in [1.82, 2.24) is 0 Å². The minimum Gasteiger partial charge on any atom is -0.402 e. The monoisotopic (exact) mass is 550 g/mol. The third-order valence-electron chi connectivity index (χ3n) is 8.40. The van der Waals surface area contributed by atoms with E-state index in [0.717, 1.165) is 38.5 Å². The van der Waals surface area contributed by atoms with Crippen molar-refractivity contribution < 1.29 is 14.3 Å². The van der Waals surface area contributed by atoms with Gasteiger partial charge in [0.05, 0.1) is 24.4 Å². The second-order valence-electron chi connectivity index (χ2n) is 12.5. The van der Waals surface area contributed by atoms with Gasteiger partial charge in [0, 0.05) is 6.42 Å². The molecule has 1 aliphatic heterocycles. The van der Waals surface area contributed by atoms with Crippen LogP contribution in [0.15, 0.2) is 73.3 Å². The molecule has 4 heteroatoms. The predicted molar refractivity (Wildman–Crippen MR) is 168 cm³/mol. The van der Waals surface area contributed by atoms with Gasteiger partial charge in [-0.3, -0.25) is 0 Å². The summed E-state index contributed by atoms with van der Waals surface area (Å²) in [6, 6.07) is 21.8. The molecule has 216 valence electrons. The van der Waals surface area contributed by atoms with Crippen molar-refractivity contribution >= 4 is 18.7 Å². The summed E-state index contributed by atoms with van der Waals surface area (Å²) in [6.07, 6.45) is 14.5. The van der Waals surface area contributed by atoms with Crippen LogP contribution >= 0.6 is 0 Å². The van der Waals surface area contributed by atoms with Crippen LogP contribution < -0.4 is 10.4 Å². The molecule has 1 N–H and O–H groups in total. The number of benzene rings is 2. The van der Waals surface area contributed by atoms with E-state index in [1.165, 1.54) is 48.9 Å². The van der Waals surface area contributed by atoms with Crippen molar-refractivity contribution in [3.63, 3.8) is 0 Å². The Hall–Kier alpha value is -1.72. The number of allylic oxidation sites excluding steroid dienone is 1. The first-order chi connectivity index (χ1) is 18.8. The summed E-state index contributed by atoms with van der Waals surface area (Å²) in [5.74, 6) is 0. The molecule has 3 rings (SSSR count). The number of hydrogen-bond donors (Lipinski definition) is 1. The van der Waals surface area contributed by atoms with Crippen molar-refractivity contribution in [2.24, 2.45) is 0 Å². The molecule has 1 fully saturated rings. The lowest BCUT2D eigenvalue weighted by atomic mass is 10.0. The minimum atomic E-state index is -2.68. The van der Waals surface area contributed by atoms with E-state index in [-0.39, 0.29) is 23.4 Å². The molecule has 2 aromatic rings.